The Balaban J connectivity index is 1.83. The van der Waals surface area contributed by atoms with Crippen molar-refractivity contribution in [3.05, 3.63) is 39.5 Å². The molecule has 0 spiro atoms. The van der Waals surface area contributed by atoms with Gasteiger partial charge in [-0.05, 0) is 24.3 Å². The number of nitrogens with zero attached hydrogens (tertiary/aromatic N) is 1. The molecule has 86 valence electrons. The highest BCUT2D eigenvalue weighted by Crippen LogP contribution is 2.35. The van der Waals surface area contributed by atoms with Gasteiger partial charge in [-0.3, -0.25) is 4.99 Å². The maximum absolute atomic E-state index is 5.84. The van der Waals surface area contributed by atoms with E-state index in [1.54, 1.807) is 6.21 Å². The summed E-state index contributed by atoms with van der Waals surface area (Å²) < 4.78 is 11.3. The van der Waals surface area contributed by atoms with E-state index in [2.05, 4.69) is 4.99 Å². The number of hydrogen-bond donors (Lipinski definition) is 0. The van der Waals surface area contributed by atoms with E-state index >= 15 is 0 Å². The number of halogens is 1. The summed E-state index contributed by atoms with van der Waals surface area (Å²) in [5, 5.41) is 0. The maximum Gasteiger partial charge on any atom is 0.231 e. The monoisotopic (exact) mass is 265 g/mol. The van der Waals surface area contributed by atoms with Crippen molar-refractivity contribution in [2.24, 2.45) is 4.99 Å². The summed E-state index contributed by atoms with van der Waals surface area (Å²) in [6, 6.07) is 9.39. The van der Waals surface area contributed by atoms with E-state index < -0.39 is 0 Å². The smallest absolute Gasteiger partial charge is 0.231 e. The van der Waals surface area contributed by atoms with Crippen LogP contribution in [0.4, 0.5) is 5.69 Å². The van der Waals surface area contributed by atoms with Gasteiger partial charge in [0.1, 0.15) is 0 Å². The van der Waals surface area contributed by atoms with Crippen molar-refractivity contribution in [3.63, 3.8) is 0 Å². The fourth-order valence-electron chi connectivity index (χ4n) is 1.50. The molecule has 17 heavy (non-hydrogen) atoms. The predicted molar refractivity (Wildman–Crippen MR) is 69.1 cm³/mol. The Morgan fingerprint density at radius 2 is 2.06 bits per heavy atom. The van der Waals surface area contributed by atoms with Crippen LogP contribution in [0.25, 0.3) is 0 Å². The first kappa shape index (κ1) is 10.6. The minimum Gasteiger partial charge on any atom is -0.454 e. The maximum atomic E-state index is 5.84. The van der Waals surface area contributed by atoms with E-state index in [0.29, 0.717) is 0 Å². The molecular weight excluding hydrogens is 258 g/mol. The summed E-state index contributed by atoms with van der Waals surface area (Å²) >= 11 is 7.33. The number of ether oxygens (including phenoxy) is 2. The quantitative estimate of drug-likeness (QED) is 0.772. The fourth-order valence-corrected chi connectivity index (χ4v) is 2.43. The van der Waals surface area contributed by atoms with Gasteiger partial charge in [0.2, 0.25) is 6.79 Å². The highest BCUT2D eigenvalue weighted by Gasteiger charge is 2.12. The average molecular weight is 266 g/mol. The normalized spacial score (nSPS) is 13.5. The van der Waals surface area contributed by atoms with Gasteiger partial charge in [-0.15, -0.1) is 11.3 Å². The largest absolute Gasteiger partial charge is 0.454 e. The second-order valence-electron chi connectivity index (χ2n) is 3.44. The third-order valence-electron chi connectivity index (χ3n) is 2.29. The van der Waals surface area contributed by atoms with Crippen molar-refractivity contribution in [1.82, 2.24) is 0 Å². The zero-order valence-corrected chi connectivity index (χ0v) is 10.3. The van der Waals surface area contributed by atoms with Gasteiger partial charge in [-0.2, -0.15) is 0 Å². The van der Waals surface area contributed by atoms with Crippen LogP contribution >= 0.6 is 22.9 Å². The number of rotatable bonds is 2. The van der Waals surface area contributed by atoms with Gasteiger partial charge in [-0.25, -0.2) is 0 Å². The van der Waals surface area contributed by atoms with Crippen LogP contribution in [0, 0.1) is 0 Å². The lowest BCUT2D eigenvalue weighted by Crippen LogP contribution is -1.92. The summed E-state index contributed by atoms with van der Waals surface area (Å²) in [6.07, 6.45) is 1.79. The zero-order valence-electron chi connectivity index (χ0n) is 8.72. The van der Waals surface area contributed by atoms with E-state index in [0.717, 1.165) is 26.4 Å². The minimum absolute atomic E-state index is 0.281. The Kier molecular flexibility index (Phi) is 2.74. The lowest BCUT2D eigenvalue weighted by molar-refractivity contribution is 0.174. The Morgan fingerprint density at radius 1 is 1.18 bits per heavy atom. The van der Waals surface area contributed by atoms with Crippen LogP contribution in [0.3, 0.4) is 0 Å². The lowest BCUT2D eigenvalue weighted by Gasteiger charge is -1.96. The number of fused-ring (bicyclic) bond motifs is 1. The topological polar surface area (TPSA) is 30.8 Å². The first-order valence-electron chi connectivity index (χ1n) is 5.00. The molecule has 3 rings (SSSR count). The van der Waals surface area contributed by atoms with Crippen molar-refractivity contribution in [1.29, 1.82) is 0 Å². The van der Waals surface area contributed by atoms with Gasteiger partial charge >= 0.3 is 0 Å². The summed E-state index contributed by atoms with van der Waals surface area (Å²) in [5.41, 5.74) is 0.832. The predicted octanol–water partition coefficient (Wildman–Crippen LogP) is 3.88. The number of aliphatic imine (C=N–C) groups is 1. The van der Waals surface area contributed by atoms with Gasteiger partial charge < -0.3 is 9.47 Å². The summed E-state index contributed by atoms with van der Waals surface area (Å²) in [6.45, 7) is 0.281. The standard InChI is InChI=1S/C12H8ClNO2S/c13-12-4-2-9(17-12)6-14-8-1-3-10-11(5-8)16-7-15-10/h1-6H,7H2. The molecule has 1 aliphatic rings. The number of hydrogen-bond acceptors (Lipinski definition) is 4. The van der Waals surface area contributed by atoms with Gasteiger partial charge in [0, 0.05) is 17.2 Å². The molecule has 0 amide bonds. The van der Waals surface area contributed by atoms with E-state index in [1.165, 1.54) is 11.3 Å². The molecule has 2 heterocycles. The molecule has 0 radical (unpaired) electrons. The van der Waals surface area contributed by atoms with Gasteiger partial charge in [-0.1, -0.05) is 11.6 Å². The van der Waals surface area contributed by atoms with Crippen LogP contribution in [0.5, 0.6) is 11.5 Å². The van der Waals surface area contributed by atoms with Crippen LogP contribution in [0.2, 0.25) is 4.34 Å². The molecule has 0 saturated heterocycles. The molecule has 0 bridgehead atoms. The van der Waals surface area contributed by atoms with E-state index in [4.69, 9.17) is 21.1 Å². The Bertz CT molecular complexity index is 580. The molecule has 0 saturated carbocycles. The van der Waals surface area contributed by atoms with Gasteiger partial charge in [0.25, 0.3) is 0 Å². The third kappa shape index (κ3) is 2.28. The highest BCUT2D eigenvalue weighted by molar-refractivity contribution is 7.17. The third-order valence-corrected chi connectivity index (χ3v) is 3.46. The summed E-state index contributed by atoms with van der Waals surface area (Å²) in [4.78, 5) is 5.38. The molecule has 1 aromatic carbocycles. The number of thiophene rings is 1. The van der Waals surface area contributed by atoms with Gasteiger partial charge in [0.05, 0.1) is 10.0 Å². The molecule has 0 fully saturated rings. The molecule has 5 heteroatoms. The van der Waals surface area contributed by atoms with Crippen LogP contribution < -0.4 is 9.47 Å². The van der Waals surface area contributed by atoms with Crippen LogP contribution in [0.15, 0.2) is 35.3 Å². The molecule has 2 aromatic rings. The molecule has 0 N–H and O–H groups in total. The second kappa shape index (κ2) is 4.39. The van der Waals surface area contributed by atoms with Crippen molar-refractivity contribution >= 4 is 34.8 Å². The average Bonchev–Trinajstić information content (AvgIpc) is 2.94. The molecule has 0 unspecified atom stereocenters. The van der Waals surface area contributed by atoms with Gasteiger partial charge in [0.15, 0.2) is 11.5 Å². The second-order valence-corrected chi connectivity index (χ2v) is 5.18. The van der Waals surface area contributed by atoms with E-state index in [-0.39, 0.29) is 6.79 Å². The summed E-state index contributed by atoms with van der Waals surface area (Å²) in [5.74, 6) is 1.51. The van der Waals surface area contributed by atoms with Crippen LogP contribution in [-0.4, -0.2) is 13.0 Å². The van der Waals surface area contributed by atoms with E-state index in [9.17, 15) is 0 Å². The van der Waals surface area contributed by atoms with E-state index in [1.807, 2.05) is 30.3 Å². The Hall–Kier alpha value is -1.52. The molecule has 1 aromatic heterocycles. The lowest BCUT2D eigenvalue weighted by atomic mass is 10.3. The van der Waals surface area contributed by atoms with Crippen LogP contribution in [-0.2, 0) is 0 Å². The molecule has 0 atom stereocenters. The first-order chi connectivity index (χ1) is 8.31. The molecular formula is C12H8ClNO2S. The van der Waals surface area contributed by atoms with Crippen molar-refractivity contribution in [2.75, 3.05) is 6.79 Å². The number of benzene rings is 1. The van der Waals surface area contributed by atoms with Crippen molar-refractivity contribution < 1.29 is 9.47 Å². The Morgan fingerprint density at radius 3 is 2.88 bits per heavy atom. The van der Waals surface area contributed by atoms with Crippen LogP contribution in [0.1, 0.15) is 4.88 Å². The molecule has 1 aliphatic heterocycles. The minimum atomic E-state index is 0.281. The molecule has 3 nitrogen and oxygen atoms in total. The SMILES string of the molecule is Clc1ccc(C=Nc2ccc3c(c2)OCO3)s1. The first-order valence-corrected chi connectivity index (χ1v) is 6.20. The van der Waals surface area contributed by atoms with Crippen molar-refractivity contribution in [2.45, 2.75) is 0 Å². The fraction of sp³-hybridized carbons (Fsp3) is 0.0833. The van der Waals surface area contributed by atoms with Crippen molar-refractivity contribution in [3.8, 4) is 11.5 Å². The zero-order chi connectivity index (χ0) is 11.7. The highest BCUT2D eigenvalue weighted by atomic mass is 35.5. The molecule has 0 aliphatic carbocycles. The Labute approximate surface area is 107 Å². The summed E-state index contributed by atoms with van der Waals surface area (Å²) in [7, 11) is 0.